The summed E-state index contributed by atoms with van der Waals surface area (Å²) in [7, 11) is 0. The molecule has 0 radical (unpaired) electrons. The fourth-order valence-corrected chi connectivity index (χ4v) is 4.60. The molecule has 1 heterocycles. The van der Waals surface area contributed by atoms with Crippen molar-refractivity contribution in [3.8, 4) is 0 Å². The minimum atomic E-state index is -0.0459. The molecule has 0 saturated carbocycles. The Balaban J connectivity index is 1.80. The van der Waals surface area contributed by atoms with E-state index in [0.29, 0.717) is 20.1 Å². The van der Waals surface area contributed by atoms with Gasteiger partial charge in [0.15, 0.2) is 0 Å². The number of pyridine rings is 1. The SMILES string of the molecule is Cc1cc(Cl)cc(Cl)c1NC(C)c1cccc(C(C)Nc2c(C)cc(Cl)cc2Cl)n1. The van der Waals surface area contributed by atoms with Gasteiger partial charge in [-0.25, -0.2) is 0 Å². The number of benzene rings is 2. The summed E-state index contributed by atoms with van der Waals surface area (Å²) in [4.78, 5) is 4.86. The standard InChI is InChI=1S/C23H23Cl4N3/c1-12-8-16(24)10-18(26)22(12)28-14(3)20-6-5-7-21(30-20)15(4)29-23-13(2)9-17(25)11-19(23)27/h5-11,14-15,28-29H,1-4H3. The molecule has 0 spiro atoms. The van der Waals surface area contributed by atoms with Gasteiger partial charge in [0.2, 0.25) is 0 Å². The zero-order valence-corrected chi connectivity index (χ0v) is 20.2. The van der Waals surface area contributed by atoms with Gasteiger partial charge in [-0.2, -0.15) is 0 Å². The number of nitrogens with zero attached hydrogens (tertiary/aromatic N) is 1. The van der Waals surface area contributed by atoms with Crippen molar-refractivity contribution in [3.05, 3.63) is 85.1 Å². The Morgan fingerprint density at radius 3 is 1.47 bits per heavy atom. The Labute approximate surface area is 197 Å². The number of anilines is 2. The third kappa shape index (κ3) is 5.33. The molecule has 30 heavy (non-hydrogen) atoms. The van der Waals surface area contributed by atoms with Gasteiger partial charge in [0.05, 0.1) is 44.9 Å². The van der Waals surface area contributed by atoms with E-state index >= 15 is 0 Å². The smallest absolute Gasteiger partial charge is 0.0657 e. The predicted octanol–water partition coefficient (Wildman–Crippen LogP) is 8.66. The van der Waals surface area contributed by atoms with Crippen LogP contribution < -0.4 is 10.6 Å². The summed E-state index contributed by atoms with van der Waals surface area (Å²) in [5.41, 5.74) is 5.50. The van der Waals surface area contributed by atoms with Crippen LogP contribution in [-0.2, 0) is 0 Å². The second kappa shape index (κ2) is 9.65. The zero-order valence-electron chi connectivity index (χ0n) is 17.2. The van der Waals surface area contributed by atoms with E-state index in [-0.39, 0.29) is 12.1 Å². The highest BCUT2D eigenvalue weighted by molar-refractivity contribution is 6.37. The first-order chi connectivity index (χ1) is 14.2. The highest BCUT2D eigenvalue weighted by atomic mass is 35.5. The monoisotopic (exact) mass is 481 g/mol. The van der Waals surface area contributed by atoms with Crippen LogP contribution in [-0.4, -0.2) is 4.98 Å². The number of nitrogens with one attached hydrogen (secondary N) is 2. The summed E-state index contributed by atoms with van der Waals surface area (Å²) in [6.07, 6.45) is 0. The van der Waals surface area contributed by atoms with Gasteiger partial charge in [-0.1, -0.05) is 52.5 Å². The molecule has 0 aliphatic rings. The lowest BCUT2D eigenvalue weighted by molar-refractivity contribution is 0.780. The van der Waals surface area contributed by atoms with E-state index in [2.05, 4.69) is 24.5 Å². The van der Waals surface area contributed by atoms with E-state index in [0.717, 1.165) is 33.9 Å². The van der Waals surface area contributed by atoms with Crippen LogP contribution in [0, 0.1) is 13.8 Å². The second-order valence-electron chi connectivity index (χ2n) is 7.38. The van der Waals surface area contributed by atoms with Gasteiger partial charge in [0.1, 0.15) is 0 Å². The van der Waals surface area contributed by atoms with Crippen molar-refractivity contribution >= 4 is 57.8 Å². The molecule has 0 bridgehead atoms. The molecule has 2 unspecified atom stereocenters. The fourth-order valence-electron chi connectivity index (χ4n) is 3.30. The molecule has 3 aromatic rings. The molecule has 0 saturated heterocycles. The Bertz CT molecular complexity index is 941. The van der Waals surface area contributed by atoms with E-state index in [9.17, 15) is 0 Å². The lowest BCUT2D eigenvalue weighted by atomic mass is 10.1. The van der Waals surface area contributed by atoms with Gasteiger partial charge >= 0.3 is 0 Å². The predicted molar refractivity (Wildman–Crippen MR) is 131 cm³/mol. The number of aryl methyl sites for hydroxylation is 2. The lowest BCUT2D eigenvalue weighted by Gasteiger charge is -2.21. The van der Waals surface area contributed by atoms with Crippen LogP contribution in [0.5, 0.6) is 0 Å². The van der Waals surface area contributed by atoms with Crippen molar-refractivity contribution in [1.82, 2.24) is 4.98 Å². The summed E-state index contributed by atoms with van der Waals surface area (Å²) in [6.45, 7) is 8.05. The number of hydrogen-bond donors (Lipinski definition) is 2. The van der Waals surface area contributed by atoms with E-state index in [1.54, 1.807) is 12.1 Å². The number of rotatable bonds is 6. The van der Waals surface area contributed by atoms with Crippen molar-refractivity contribution in [2.24, 2.45) is 0 Å². The van der Waals surface area contributed by atoms with Gasteiger partial charge in [-0.15, -0.1) is 0 Å². The van der Waals surface area contributed by atoms with Crippen LogP contribution in [0.15, 0.2) is 42.5 Å². The first-order valence-electron chi connectivity index (χ1n) is 9.57. The fraction of sp³-hybridized carbons (Fsp3) is 0.261. The van der Waals surface area contributed by atoms with Gasteiger partial charge in [-0.05, 0) is 75.2 Å². The number of halogens is 4. The summed E-state index contributed by atoms with van der Waals surface area (Å²) in [6, 6.07) is 13.1. The van der Waals surface area contributed by atoms with Crippen LogP contribution in [0.25, 0.3) is 0 Å². The molecule has 2 atom stereocenters. The second-order valence-corrected chi connectivity index (χ2v) is 9.07. The molecular weight excluding hydrogens is 460 g/mol. The Kier molecular flexibility index (Phi) is 7.41. The summed E-state index contributed by atoms with van der Waals surface area (Å²) < 4.78 is 0. The maximum Gasteiger partial charge on any atom is 0.0657 e. The molecule has 0 aliphatic carbocycles. The summed E-state index contributed by atoms with van der Waals surface area (Å²) >= 11 is 24.9. The van der Waals surface area contributed by atoms with Crippen LogP contribution >= 0.6 is 46.4 Å². The van der Waals surface area contributed by atoms with Crippen molar-refractivity contribution in [2.45, 2.75) is 39.8 Å². The molecule has 2 N–H and O–H groups in total. The number of aromatic nitrogens is 1. The average Bonchev–Trinajstić information content (AvgIpc) is 2.67. The Morgan fingerprint density at radius 2 is 1.10 bits per heavy atom. The van der Waals surface area contributed by atoms with Gasteiger partial charge in [0.25, 0.3) is 0 Å². The van der Waals surface area contributed by atoms with Gasteiger partial charge in [0, 0.05) is 10.0 Å². The van der Waals surface area contributed by atoms with Gasteiger partial charge in [-0.3, -0.25) is 4.98 Å². The largest absolute Gasteiger partial charge is 0.376 e. The first kappa shape index (κ1) is 23.0. The molecule has 2 aromatic carbocycles. The molecule has 3 nitrogen and oxygen atoms in total. The normalized spacial score (nSPS) is 13.1. The minimum Gasteiger partial charge on any atom is -0.376 e. The van der Waals surface area contributed by atoms with Gasteiger partial charge < -0.3 is 10.6 Å². The van der Waals surface area contributed by atoms with Crippen LogP contribution in [0.2, 0.25) is 20.1 Å². The highest BCUT2D eigenvalue weighted by Gasteiger charge is 2.16. The quantitative estimate of drug-likeness (QED) is 0.369. The van der Waals surface area contributed by atoms with E-state index in [1.807, 2.05) is 44.2 Å². The molecule has 1 aromatic heterocycles. The third-order valence-electron chi connectivity index (χ3n) is 4.91. The first-order valence-corrected chi connectivity index (χ1v) is 11.1. The van der Waals surface area contributed by atoms with E-state index in [1.165, 1.54) is 0 Å². The zero-order chi connectivity index (χ0) is 22.0. The number of hydrogen-bond acceptors (Lipinski definition) is 3. The van der Waals surface area contributed by atoms with Crippen LogP contribution in [0.1, 0.15) is 48.4 Å². The lowest BCUT2D eigenvalue weighted by Crippen LogP contribution is -2.14. The Morgan fingerprint density at radius 1 is 0.700 bits per heavy atom. The summed E-state index contributed by atoms with van der Waals surface area (Å²) in [5, 5.41) is 9.32. The molecule has 158 valence electrons. The van der Waals surface area contributed by atoms with Crippen molar-refractivity contribution < 1.29 is 0 Å². The van der Waals surface area contributed by atoms with Crippen molar-refractivity contribution in [3.63, 3.8) is 0 Å². The van der Waals surface area contributed by atoms with Crippen LogP contribution in [0.3, 0.4) is 0 Å². The molecular formula is C23H23Cl4N3. The highest BCUT2D eigenvalue weighted by Crippen LogP contribution is 2.34. The van der Waals surface area contributed by atoms with E-state index in [4.69, 9.17) is 51.4 Å². The topological polar surface area (TPSA) is 37.0 Å². The molecule has 3 rings (SSSR count). The molecule has 7 heteroatoms. The third-order valence-corrected chi connectivity index (χ3v) is 5.94. The van der Waals surface area contributed by atoms with Crippen molar-refractivity contribution in [1.29, 1.82) is 0 Å². The Hall–Kier alpha value is -1.65. The maximum absolute atomic E-state index is 6.38. The van der Waals surface area contributed by atoms with E-state index < -0.39 is 0 Å². The minimum absolute atomic E-state index is 0.0459. The molecule has 0 aliphatic heterocycles. The molecule has 0 fully saturated rings. The average molecular weight is 483 g/mol. The van der Waals surface area contributed by atoms with Crippen LogP contribution in [0.4, 0.5) is 11.4 Å². The molecule has 0 amide bonds. The van der Waals surface area contributed by atoms with Crippen molar-refractivity contribution in [2.75, 3.05) is 10.6 Å². The maximum atomic E-state index is 6.38. The summed E-state index contributed by atoms with van der Waals surface area (Å²) in [5.74, 6) is 0.